The van der Waals surface area contributed by atoms with Gasteiger partial charge < -0.3 is 4.74 Å². The molecule has 0 spiro atoms. The van der Waals surface area contributed by atoms with Crippen LogP contribution in [0.3, 0.4) is 0 Å². The van der Waals surface area contributed by atoms with E-state index >= 15 is 0 Å². The van der Waals surface area contributed by atoms with Crippen LogP contribution < -0.4 is 0 Å². The smallest absolute Gasteiger partial charge is 0.0608 e. The quantitative estimate of drug-likeness (QED) is 0.509. The number of rotatable bonds is 7. The van der Waals surface area contributed by atoms with E-state index in [1.807, 2.05) is 18.9 Å². The lowest BCUT2D eigenvalue weighted by molar-refractivity contribution is 0.159. The minimum atomic E-state index is -0.0523. The molecule has 1 nitrogen and oxygen atoms in total. The van der Waals surface area contributed by atoms with Gasteiger partial charge in [0.2, 0.25) is 0 Å². The van der Waals surface area contributed by atoms with Gasteiger partial charge in [0.25, 0.3) is 0 Å². The number of thioether (sulfide) groups is 1. The average Bonchev–Trinajstić information content (AvgIpc) is 2.97. The number of hydrogen-bond donors (Lipinski definition) is 0. The molecular formula is C24H24OS. The van der Waals surface area contributed by atoms with Crippen LogP contribution in [-0.4, -0.2) is 25.2 Å². The van der Waals surface area contributed by atoms with Crippen LogP contribution in [0.4, 0.5) is 0 Å². The standard InChI is InChI=1S/C24H24OS/c1-25-17-24(18-26-16-15-19-9-3-2-4-10-19)22-13-7-5-11-20(22)21-12-6-8-14-23(21)24/h2-14H,15-18H2,1H3. The fraction of sp³-hybridized carbons (Fsp3) is 0.250. The molecule has 0 saturated heterocycles. The fourth-order valence-electron chi connectivity index (χ4n) is 4.10. The zero-order chi connectivity index (χ0) is 17.8. The van der Waals surface area contributed by atoms with E-state index in [9.17, 15) is 0 Å². The van der Waals surface area contributed by atoms with E-state index in [2.05, 4.69) is 78.9 Å². The van der Waals surface area contributed by atoms with Gasteiger partial charge in [-0.2, -0.15) is 11.8 Å². The number of aryl methyl sites for hydroxylation is 1. The Morgan fingerprint density at radius 1 is 0.769 bits per heavy atom. The van der Waals surface area contributed by atoms with Crippen LogP contribution in [0.25, 0.3) is 11.1 Å². The molecule has 0 radical (unpaired) electrons. The predicted molar refractivity (Wildman–Crippen MR) is 112 cm³/mol. The fourth-order valence-corrected chi connectivity index (χ4v) is 5.36. The first-order chi connectivity index (χ1) is 12.8. The highest BCUT2D eigenvalue weighted by atomic mass is 32.2. The molecule has 26 heavy (non-hydrogen) atoms. The van der Waals surface area contributed by atoms with Crippen molar-refractivity contribution in [2.75, 3.05) is 25.2 Å². The third-order valence-electron chi connectivity index (χ3n) is 5.29. The molecular weight excluding hydrogens is 336 g/mol. The molecule has 1 aliphatic carbocycles. The molecule has 1 aliphatic rings. The second-order valence-electron chi connectivity index (χ2n) is 6.89. The minimum absolute atomic E-state index is 0.0523. The molecule has 4 rings (SSSR count). The van der Waals surface area contributed by atoms with E-state index < -0.39 is 0 Å². The van der Waals surface area contributed by atoms with Gasteiger partial charge in [0.05, 0.1) is 12.0 Å². The molecule has 0 atom stereocenters. The van der Waals surface area contributed by atoms with E-state index in [0.29, 0.717) is 0 Å². The highest BCUT2D eigenvalue weighted by molar-refractivity contribution is 7.99. The highest BCUT2D eigenvalue weighted by Gasteiger charge is 2.42. The van der Waals surface area contributed by atoms with Gasteiger partial charge in [-0.3, -0.25) is 0 Å². The number of methoxy groups -OCH3 is 1. The molecule has 0 unspecified atom stereocenters. The molecule has 3 aromatic carbocycles. The van der Waals surface area contributed by atoms with Crippen molar-refractivity contribution in [1.29, 1.82) is 0 Å². The molecule has 132 valence electrons. The summed E-state index contributed by atoms with van der Waals surface area (Å²) in [5.74, 6) is 2.17. The number of hydrogen-bond acceptors (Lipinski definition) is 2. The SMILES string of the molecule is COCC1(CSCCc2ccccc2)c2ccccc2-c2ccccc21. The van der Waals surface area contributed by atoms with Crippen molar-refractivity contribution >= 4 is 11.8 Å². The Labute approximate surface area is 160 Å². The van der Waals surface area contributed by atoms with Crippen molar-refractivity contribution in [3.8, 4) is 11.1 Å². The third kappa shape index (κ3) is 3.08. The van der Waals surface area contributed by atoms with Crippen molar-refractivity contribution in [3.63, 3.8) is 0 Å². The lowest BCUT2D eigenvalue weighted by Crippen LogP contribution is -2.34. The molecule has 0 aliphatic heterocycles. The van der Waals surface area contributed by atoms with E-state index in [1.165, 1.54) is 27.8 Å². The van der Waals surface area contributed by atoms with E-state index in [-0.39, 0.29) is 5.41 Å². The molecule has 0 heterocycles. The summed E-state index contributed by atoms with van der Waals surface area (Å²) < 4.78 is 5.74. The summed E-state index contributed by atoms with van der Waals surface area (Å²) in [4.78, 5) is 0. The van der Waals surface area contributed by atoms with Gasteiger partial charge in [0, 0.05) is 12.9 Å². The average molecular weight is 361 g/mol. The van der Waals surface area contributed by atoms with Crippen LogP contribution in [-0.2, 0) is 16.6 Å². The molecule has 0 bridgehead atoms. The van der Waals surface area contributed by atoms with Gasteiger partial charge >= 0.3 is 0 Å². The van der Waals surface area contributed by atoms with Crippen LogP contribution in [0.1, 0.15) is 16.7 Å². The van der Waals surface area contributed by atoms with E-state index in [0.717, 1.165) is 24.5 Å². The number of benzene rings is 3. The van der Waals surface area contributed by atoms with Gasteiger partial charge in [-0.25, -0.2) is 0 Å². The molecule has 3 aromatic rings. The summed E-state index contributed by atoms with van der Waals surface area (Å²) in [5.41, 5.74) is 6.91. The maximum Gasteiger partial charge on any atom is 0.0608 e. The lowest BCUT2D eigenvalue weighted by Gasteiger charge is -2.31. The monoisotopic (exact) mass is 360 g/mol. The normalized spacial score (nSPS) is 14.0. The Hall–Kier alpha value is -2.03. The Kier molecular flexibility index (Phi) is 5.14. The molecule has 2 heteroatoms. The van der Waals surface area contributed by atoms with Crippen LogP contribution in [0.2, 0.25) is 0 Å². The molecule has 0 aromatic heterocycles. The predicted octanol–water partition coefficient (Wildman–Crippen LogP) is 5.58. The Balaban J connectivity index is 1.60. The Bertz CT molecular complexity index is 827. The Morgan fingerprint density at radius 3 is 1.96 bits per heavy atom. The van der Waals surface area contributed by atoms with Crippen molar-refractivity contribution in [2.45, 2.75) is 11.8 Å². The maximum absolute atomic E-state index is 5.74. The maximum atomic E-state index is 5.74. The summed E-state index contributed by atoms with van der Waals surface area (Å²) in [6, 6.07) is 28.4. The summed E-state index contributed by atoms with van der Waals surface area (Å²) >= 11 is 2.03. The van der Waals surface area contributed by atoms with Crippen LogP contribution in [0.5, 0.6) is 0 Å². The van der Waals surface area contributed by atoms with Gasteiger partial charge in [-0.05, 0) is 40.0 Å². The zero-order valence-electron chi connectivity index (χ0n) is 15.2. The summed E-state index contributed by atoms with van der Waals surface area (Å²) in [6.45, 7) is 0.722. The lowest BCUT2D eigenvalue weighted by atomic mass is 9.81. The summed E-state index contributed by atoms with van der Waals surface area (Å²) in [6.07, 6.45) is 1.11. The van der Waals surface area contributed by atoms with E-state index in [4.69, 9.17) is 4.74 Å². The Morgan fingerprint density at radius 2 is 1.35 bits per heavy atom. The summed E-state index contributed by atoms with van der Waals surface area (Å²) in [5, 5.41) is 0. The first-order valence-electron chi connectivity index (χ1n) is 9.15. The molecule has 0 amide bonds. The van der Waals surface area contributed by atoms with Crippen LogP contribution in [0, 0.1) is 0 Å². The van der Waals surface area contributed by atoms with Gasteiger partial charge in [0.15, 0.2) is 0 Å². The minimum Gasteiger partial charge on any atom is -0.383 e. The topological polar surface area (TPSA) is 9.23 Å². The van der Waals surface area contributed by atoms with Crippen molar-refractivity contribution in [1.82, 2.24) is 0 Å². The third-order valence-corrected chi connectivity index (χ3v) is 6.48. The highest BCUT2D eigenvalue weighted by Crippen LogP contribution is 2.50. The van der Waals surface area contributed by atoms with E-state index in [1.54, 1.807) is 0 Å². The molecule has 0 N–H and O–H groups in total. The van der Waals surface area contributed by atoms with Crippen molar-refractivity contribution in [2.24, 2.45) is 0 Å². The first kappa shape index (κ1) is 17.4. The second-order valence-corrected chi connectivity index (χ2v) is 8.00. The van der Waals surface area contributed by atoms with Gasteiger partial charge in [0.1, 0.15) is 0 Å². The molecule has 0 saturated carbocycles. The largest absolute Gasteiger partial charge is 0.383 e. The molecule has 0 fully saturated rings. The van der Waals surface area contributed by atoms with Crippen LogP contribution >= 0.6 is 11.8 Å². The zero-order valence-corrected chi connectivity index (χ0v) is 16.0. The summed E-state index contributed by atoms with van der Waals surface area (Å²) in [7, 11) is 1.82. The van der Waals surface area contributed by atoms with Gasteiger partial charge in [-0.1, -0.05) is 78.9 Å². The first-order valence-corrected chi connectivity index (χ1v) is 10.3. The van der Waals surface area contributed by atoms with Crippen molar-refractivity contribution < 1.29 is 4.74 Å². The number of fused-ring (bicyclic) bond motifs is 3. The van der Waals surface area contributed by atoms with Crippen LogP contribution in [0.15, 0.2) is 78.9 Å². The number of ether oxygens (including phenoxy) is 1. The van der Waals surface area contributed by atoms with Crippen molar-refractivity contribution in [3.05, 3.63) is 95.6 Å². The second kappa shape index (κ2) is 7.69. The van der Waals surface area contributed by atoms with Gasteiger partial charge in [-0.15, -0.1) is 0 Å².